The molecule has 2 amide bonds. The molecule has 0 unspecified atom stereocenters. The van der Waals surface area contributed by atoms with E-state index in [2.05, 4.69) is 15.8 Å². The first-order valence-electron chi connectivity index (χ1n) is 9.20. The predicted octanol–water partition coefficient (Wildman–Crippen LogP) is 2.67. The van der Waals surface area contributed by atoms with Gasteiger partial charge in [0.2, 0.25) is 5.91 Å². The maximum Gasteiger partial charge on any atom is 0.277 e. The van der Waals surface area contributed by atoms with Gasteiger partial charge >= 0.3 is 0 Å². The van der Waals surface area contributed by atoms with Crippen molar-refractivity contribution in [3.63, 3.8) is 0 Å². The van der Waals surface area contributed by atoms with Gasteiger partial charge in [-0.15, -0.1) is 0 Å². The van der Waals surface area contributed by atoms with E-state index in [4.69, 9.17) is 14.2 Å². The lowest BCUT2D eigenvalue weighted by Crippen LogP contribution is -2.26. The SMILES string of the molecule is CC(CC(=O)Nc1ccc2c(c1)OCCO2)=NNC(=O)COc1ccc(C)cc1. The number of benzene rings is 2. The minimum Gasteiger partial charge on any atom is -0.486 e. The van der Waals surface area contributed by atoms with Crippen LogP contribution in [0.2, 0.25) is 0 Å². The standard InChI is InChI=1S/C21H23N3O5/c1-14-3-6-17(7-4-14)29-13-21(26)24-23-15(2)11-20(25)22-16-5-8-18-19(12-16)28-10-9-27-18/h3-8,12H,9-11,13H2,1-2H3,(H,22,25)(H,24,26). The van der Waals surface area contributed by atoms with Gasteiger partial charge in [0.25, 0.3) is 5.91 Å². The number of nitrogens with one attached hydrogen (secondary N) is 2. The Hall–Kier alpha value is -3.55. The largest absolute Gasteiger partial charge is 0.486 e. The molecule has 0 bridgehead atoms. The molecule has 0 saturated carbocycles. The zero-order valence-electron chi connectivity index (χ0n) is 16.4. The van der Waals surface area contributed by atoms with Gasteiger partial charge in [-0.2, -0.15) is 5.10 Å². The van der Waals surface area contributed by atoms with E-state index in [1.54, 1.807) is 37.3 Å². The summed E-state index contributed by atoms with van der Waals surface area (Å²) < 4.78 is 16.3. The van der Waals surface area contributed by atoms with Crippen molar-refractivity contribution in [2.24, 2.45) is 5.10 Å². The molecular weight excluding hydrogens is 374 g/mol. The van der Waals surface area contributed by atoms with Crippen molar-refractivity contribution in [3.8, 4) is 17.2 Å². The van der Waals surface area contributed by atoms with Crippen LogP contribution in [0.1, 0.15) is 18.9 Å². The first-order valence-corrected chi connectivity index (χ1v) is 9.20. The smallest absolute Gasteiger partial charge is 0.277 e. The summed E-state index contributed by atoms with van der Waals surface area (Å²) in [4.78, 5) is 24.0. The summed E-state index contributed by atoms with van der Waals surface area (Å²) in [5.74, 6) is 1.19. The molecule has 1 aliphatic heterocycles. The number of carbonyl (C=O) groups is 2. The average Bonchev–Trinajstić information content (AvgIpc) is 2.71. The molecule has 0 saturated heterocycles. The summed E-state index contributed by atoms with van der Waals surface area (Å²) in [7, 11) is 0. The van der Waals surface area contributed by atoms with Crippen LogP contribution in [0.25, 0.3) is 0 Å². The first-order chi connectivity index (χ1) is 14.0. The molecule has 29 heavy (non-hydrogen) atoms. The van der Waals surface area contributed by atoms with Crippen molar-refractivity contribution in [2.75, 3.05) is 25.1 Å². The number of hydrazone groups is 1. The van der Waals surface area contributed by atoms with Crippen molar-refractivity contribution in [1.82, 2.24) is 5.43 Å². The lowest BCUT2D eigenvalue weighted by atomic mass is 10.2. The average molecular weight is 397 g/mol. The summed E-state index contributed by atoms with van der Waals surface area (Å²) in [6, 6.07) is 12.6. The van der Waals surface area contributed by atoms with Crippen LogP contribution in [-0.2, 0) is 9.59 Å². The van der Waals surface area contributed by atoms with E-state index in [9.17, 15) is 9.59 Å². The second-order valence-corrected chi connectivity index (χ2v) is 6.57. The third-order valence-electron chi connectivity index (χ3n) is 4.00. The third kappa shape index (κ3) is 6.24. The highest BCUT2D eigenvalue weighted by Gasteiger charge is 2.13. The first kappa shape index (κ1) is 20.2. The molecule has 8 heteroatoms. The summed E-state index contributed by atoms with van der Waals surface area (Å²) >= 11 is 0. The highest BCUT2D eigenvalue weighted by atomic mass is 16.6. The van der Waals surface area contributed by atoms with Gasteiger partial charge in [0.05, 0.1) is 6.42 Å². The Labute approximate surface area is 168 Å². The van der Waals surface area contributed by atoms with Gasteiger partial charge in [-0.1, -0.05) is 17.7 Å². The van der Waals surface area contributed by atoms with E-state index in [0.717, 1.165) is 5.56 Å². The van der Waals surface area contributed by atoms with E-state index in [0.29, 0.717) is 41.9 Å². The molecule has 2 aromatic rings. The number of rotatable bonds is 7. The van der Waals surface area contributed by atoms with Crippen molar-refractivity contribution >= 4 is 23.2 Å². The van der Waals surface area contributed by atoms with Gasteiger partial charge in [-0.25, -0.2) is 5.43 Å². The molecule has 0 radical (unpaired) electrons. The zero-order chi connectivity index (χ0) is 20.6. The molecule has 0 aromatic heterocycles. The number of aryl methyl sites for hydroxylation is 1. The maximum atomic E-state index is 12.2. The zero-order valence-corrected chi connectivity index (χ0v) is 16.4. The molecule has 3 rings (SSSR count). The Balaban J connectivity index is 1.43. The van der Waals surface area contributed by atoms with E-state index in [-0.39, 0.29) is 18.9 Å². The highest BCUT2D eigenvalue weighted by Crippen LogP contribution is 2.32. The van der Waals surface area contributed by atoms with E-state index in [1.165, 1.54) is 0 Å². The number of anilines is 1. The highest BCUT2D eigenvalue weighted by molar-refractivity contribution is 6.05. The second-order valence-electron chi connectivity index (χ2n) is 6.57. The normalized spacial score (nSPS) is 12.8. The summed E-state index contributed by atoms with van der Waals surface area (Å²) in [5, 5.41) is 6.70. The molecule has 0 fully saturated rings. The monoisotopic (exact) mass is 397 g/mol. The van der Waals surface area contributed by atoms with E-state index < -0.39 is 5.91 Å². The molecule has 1 heterocycles. The Bertz CT molecular complexity index is 909. The number of carbonyl (C=O) groups excluding carboxylic acids is 2. The topological polar surface area (TPSA) is 98.3 Å². The van der Waals surface area contributed by atoms with Gasteiger partial charge in [-0.3, -0.25) is 9.59 Å². The van der Waals surface area contributed by atoms with Gasteiger partial charge in [-0.05, 0) is 38.1 Å². The molecular formula is C21H23N3O5. The van der Waals surface area contributed by atoms with Crippen LogP contribution < -0.4 is 25.0 Å². The van der Waals surface area contributed by atoms with Crippen molar-refractivity contribution in [2.45, 2.75) is 20.3 Å². The predicted molar refractivity (Wildman–Crippen MR) is 109 cm³/mol. The number of amides is 2. The van der Waals surface area contributed by atoms with Crippen LogP contribution in [-0.4, -0.2) is 37.3 Å². The lowest BCUT2D eigenvalue weighted by Gasteiger charge is -2.19. The molecule has 2 aromatic carbocycles. The number of fused-ring (bicyclic) bond motifs is 1. The second kappa shape index (κ2) is 9.59. The summed E-state index contributed by atoms with van der Waals surface area (Å²) in [6.07, 6.45) is 0.0353. The quantitative estimate of drug-likeness (QED) is 0.553. The molecule has 0 aliphatic carbocycles. The third-order valence-corrected chi connectivity index (χ3v) is 4.00. The van der Waals surface area contributed by atoms with E-state index in [1.807, 2.05) is 19.1 Å². The molecule has 0 atom stereocenters. The Kier molecular flexibility index (Phi) is 6.67. The fraction of sp³-hybridized carbons (Fsp3) is 0.286. The number of nitrogens with zero attached hydrogens (tertiary/aromatic N) is 1. The lowest BCUT2D eigenvalue weighted by molar-refractivity contribution is -0.123. The summed E-state index contributed by atoms with van der Waals surface area (Å²) in [6.45, 7) is 4.45. The molecule has 8 nitrogen and oxygen atoms in total. The molecule has 1 aliphatic rings. The van der Waals surface area contributed by atoms with Crippen LogP contribution in [0.5, 0.6) is 17.2 Å². The number of hydrogen-bond acceptors (Lipinski definition) is 6. The van der Waals surface area contributed by atoms with Crippen LogP contribution >= 0.6 is 0 Å². The molecule has 152 valence electrons. The van der Waals surface area contributed by atoms with Crippen LogP contribution in [0, 0.1) is 6.92 Å². The Morgan fingerprint density at radius 3 is 2.52 bits per heavy atom. The van der Waals surface area contributed by atoms with Crippen LogP contribution in [0.15, 0.2) is 47.6 Å². The van der Waals surface area contributed by atoms with Crippen LogP contribution in [0.4, 0.5) is 5.69 Å². The fourth-order valence-electron chi connectivity index (χ4n) is 2.57. The van der Waals surface area contributed by atoms with Gasteiger partial charge in [0.15, 0.2) is 18.1 Å². The Morgan fingerprint density at radius 1 is 1.03 bits per heavy atom. The van der Waals surface area contributed by atoms with Gasteiger partial charge < -0.3 is 19.5 Å². The van der Waals surface area contributed by atoms with Gasteiger partial charge in [0.1, 0.15) is 19.0 Å². The minimum atomic E-state index is -0.405. The Morgan fingerprint density at radius 2 is 1.76 bits per heavy atom. The van der Waals surface area contributed by atoms with Crippen molar-refractivity contribution < 1.29 is 23.8 Å². The fourth-order valence-corrected chi connectivity index (χ4v) is 2.57. The van der Waals surface area contributed by atoms with Gasteiger partial charge in [0, 0.05) is 17.5 Å². The van der Waals surface area contributed by atoms with Crippen molar-refractivity contribution in [3.05, 3.63) is 48.0 Å². The minimum absolute atomic E-state index is 0.0353. The number of hydrogen-bond donors (Lipinski definition) is 2. The maximum absolute atomic E-state index is 12.2. The van der Waals surface area contributed by atoms with Crippen LogP contribution in [0.3, 0.4) is 0 Å². The van der Waals surface area contributed by atoms with Crippen molar-refractivity contribution in [1.29, 1.82) is 0 Å². The number of ether oxygens (including phenoxy) is 3. The molecule has 0 spiro atoms. The van der Waals surface area contributed by atoms with E-state index >= 15 is 0 Å². The molecule has 2 N–H and O–H groups in total. The summed E-state index contributed by atoms with van der Waals surface area (Å²) in [5.41, 5.74) is 4.55.